The molecule has 0 aliphatic rings. The lowest BCUT2D eigenvalue weighted by atomic mass is 10.1. The average Bonchev–Trinajstić information content (AvgIpc) is 3.29. The molecule has 42 heavy (non-hydrogen) atoms. The van der Waals surface area contributed by atoms with Crippen molar-refractivity contribution in [2.75, 3.05) is 42.5 Å². The van der Waals surface area contributed by atoms with E-state index in [0.717, 1.165) is 0 Å². The van der Waals surface area contributed by atoms with Gasteiger partial charge in [0.1, 0.15) is 10.7 Å². The highest BCUT2D eigenvalue weighted by atomic mass is 32.2. The number of aromatic nitrogens is 4. The molecule has 1 unspecified atom stereocenters. The lowest BCUT2D eigenvalue weighted by molar-refractivity contribution is 0.194. The fraction of sp³-hybridized carbons (Fsp3) is 0.536. The molecule has 2 heterocycles. The van der Waals surface area contributed by atoms with Gasteiger partial charge in [-0.25, -0.2) is 18.2 Å². The van der Waals surface area contributed by atoms with Crippen LogP contribution in [0.25, 0.3) is 23.3 Å². The zero-order chi connectivity index (χ0) is 31.5. The standard InChI is InChI=1S/C28H42N6O7S/c1-11-15-33-26-22(27(35)34(16-12-2)28(33)36)31(6)21(29-26)14-13-19-17-20(39-8)23(40-9)24(41-10)25(19)42(37,38)32(7)18(3)30(4)5/h13-14,17-18H,11-12,15-16H2,1-10H3/b14-13+. The van der Waals surface area contributed by atoms with E-state index >= 15 is 0 Å². The van der Waals surface area contributed by atoms with Gasteiger partial charge < -0.3 is 18.8 Å². The minimum absolute atomic E-state index is 0.0152. The first-order valence-corrected chi connectivity index (χ1v) is 15.1. The molecule has 1 atom stereocenters. The second-order valence-corrected chi connectivity index (χ2v) is 12.0. The Kier molecular flexibility index (Phi) is 10.3. The number of fused-ring (bicyclic) bond motifs is 1. The summed E-state index contributed by atoms with van der Waals surface area (Å²) in [5.74, 6) is 0.733. The third-order valence-electron chi connectivity index (χ3n) is 7.31. The van der Waals surface area contributed by atoms with Crippen LogP contribution in [-0.2, 0) is 30.2 Å². The fourth-order valence-electron chi connectivity index (χ4n) is 4.75. The summed E-state index contributed by atoms with van der Waals surface area (Å²) in [6.45, 7) is 6.29. The monoisotopic (exact) mass is 606 g/mol. The number of ether oxygens (including phenoxy) is 3. The first-order chi connectivity index (χ1) is 19.8. The van der Waals surface area contributed by atoms with Gasteiger partial charge in [-0.2, -0.15) is 4.31 Å². The van der Waals surface area contributed by atoms with Crippen LogP contribution in [0.4, 0.5) is 0 Å². The predicted molar refractivity (Wildman–Crippen MR) is 163 cm³/mol. The number of sulfonamides is 1. The fourth-order valence-corrected chi connectivity index (χ4v) is 6.46. The molecule has 0 spiro atoms. The smallest absolute Gasteiger partial charge is 0.332 e. The van der Waals surface area contributed by atoms with E-state index in [-0.39, 0.29) is 38.9 Å². The van der Waals surface area contributed by atoms with E-state index in [1.165, 1.54) is 41.8 Å². The lowest BCUT2D eigenvalue weighted by Crippen LogP contribution is -2.44. The van der Waals surface area contributed by atoms with Crippen molar-refractivity contribution in [3.05, 3.63) is 38.3 Å². The van der Waals surface area contributed by atoms with Gasteiger partial charge in [0.15, 0.2) is 22.7 Å². The second kappa shape index (κ2) is 13.1. The van der Waals surface area contributed by atoms with Gasteiger partial charge in [-0.3, -0.25) is 18.8 Å². The van der Waals surface area contributed by atoms with Crippen LogP contribution in [0.15, 0.2) is 20.6 Å². The normalized spacial score (nSPS) is 13.0. The number of hydrogen-bond acceptors (Lipinski definition) is 9. The lowest BCUT2D eigenvalue weighted by Gasteiger charge is -2.30. The van der Waals surface area contributed by atoms with Gasteiger partial charge in [-0.1, -0.05) is 13.8 Å². The average molecular weight is 607 g/mol. The third-order valence-corrected chi connectivity index (χ3v) is 9.31. The first-order valence-electron chi connectivity index (χ1n) is 13.7. The Morgan fingerprint density at radius 1 is 0.952 bits per heavy atom. The van der Waals surface area contributed by atoms with Gasteiger partial charge >= 0.3 is 5.69 Å². The van der Waals surface area contributed by atoms with Crippen LogP contribution in [0.5, 0.6) is 17.2 Å². The molecular weight excluding hydrogens is 564 g/mol. The minimum Gasteiger partial charge on any atom is -0.493 e. The molecule has 0 radical (unpaired) electrons. The Labute approximate surface area is 246 Å². The van der Waals surface area contributed by atoms with Crippen molar-refractivity contribution in [1.29, 1.82) is 0 Å². The molecule has 0 aliphatic heterocycles. The van der Waals surface area contributed by atoms with E-state index < -0.39 is 27.4 Å². The van der Waals surface area contributed by atoms with Gasteiger partial charge in [-0.05, 0) is 52.1 Å². The van der Waals surface area contributed by atoms with Crippen molar-refractivity contribution in [1.82, 2.24) is 27.9 Å². The maximum absolute atomic E-state index is 14.0. The first kappa shape index (κ1) is 32.9. The molecule has 232 valence electrons. The van der Waals surface area contributed by atoms with Crippen molar-refractivity contribution in [3.63, 3.8) is 0 Å². The second-order valence-electron chi connectivity index (χ2n) is 10.1. The Hall–Kier alpha value is -3.62. The van der Waals surface area contributed by atoms with Gasteiger partial charge in [0.25, 0.3) is 5.56 Å². The molecule has 1 aromatic carbocycles. The van der Waals surface area contributed by atoms with Crippen molar-refractivity contribution in [3.8, 4) is 17.2 Å². The number of hydrogen-bond donors (Lipinski definition) is 0. The Morgan fingerprint density at radius 3 is 2.07 bits per heavy atom. The summed E-state index contributed by atoms with van der Waals surface area (Å²) in [7, 11) is 6.80. The van der Waals surface area contributed by atoms with E-state index in [0.29, 0.717) is 31.8 Å². The summed E-state index contributed by atoms with van der Waals surface area (Å²) >= 11 is 0. The number of aryl methyl sites for hydroxylation is 2. The summed E-state index contributed by atoms with van der Waals surface area (Å²) < 4.78 is 50.3. The summed E-state index contributed by atoms with van der Waals surface area (Å²) in [6, 6.07) is 1.54. The molecule has 0 N–H and O–H groups in total. The van der Waals surface area contributed by atoms with Crippen molar-refractivity contribution < 1.29 is 22.6 Å². The van der Waals surface area contributed by atoms with Crippen LogP contribution in [0.2, 0.25) is 0 Å². The van der Waals surface area contributed by atoms with Crippen molar-refractivity contribution in [2.45, 2.75) is 57.8 Å². The SMILES string of the molecule is CCCn1c(=O)c2c(nc(/C=C/c3cc(OC)c(OC)c(OC)c3S(=O)(=O)N(C)C(C)N(C)C)n2C)n(CCC)c1=O. The predicted octanol–water partition coefficient (Wildman–Crippen LogP) is 2.44. The van der Waals surface area contributed by atoms with Gasteiger partial charge in [0.05, 0.1) is 27.5 Å². The largest absolute Gasteiger partial charge is 0.493 e. The zero-order valence-electron chi connectivity index (χ0n) is 26.1. The quantitative estimate of drug-likeness (QED) is 0.269. The Balaban J connectivity index is 2.36. The van der Waals surface area contributed by atoms with Gasteiger partial charge in [-0.15, -0.1) is 0 Å². The maximum Gasteiger partial charge on any atom is 0.332 e. The molecule has 0 amide bonds. The Morgan fingerprint density at radius 2 is 1.55 bits per heavy atom. The molecule has 13 nitrogen and oxygen atoms in total. The Bertz CT molecular complexity index is 1700. The summed E-state index contributed by atoms with van der Waals surface area (Å²) in [4.78, 5) is 32.8. The van der Waals surface area contributed by atoms with Crippen LogP contribution in [0, 0.1) is 0 Å². The summed E-state index contributed by atoms with van der Waals surface area (Å²) in [6.07, 6.45) is 3.98. The highest BCUT2D eigenvalue weighted by molar-refractivity contribution is 7.89. The topological polar surface area (TPSA) is 130 Å². The van der Waals surface area contributed by atoms with Gasteiger partial charge in [0, 0.05) is 32.7 Å². The number of nitrogens with zero attached hydrogens (tertiary/aromatic N) is 6. The van der Waals surface area contributed by atoms with Crippen LogP contribution in [0.1, 0.15) is 45.0 Å². The molecule has 0 saturated carbocycles. The van der Waals surface area contributed by atoms with E-state index in [1.54, 1.807) is 55.8 Å². The molecule has 3 aromatic rings. The molecule has 14 heteroatoms. The molecule has 0 bridgehead atoms. The molecule has 2 aromatic heterocycles. The summed E-state index contributed by atoms with van der Waals surface area (Å²) in [5.41, 5.74) is -0.00847. The van der Waals surface area contributed by atoms with E-state index in [4.69, 9.17) is 14.2 Å². The number of benzene rings is 1. The van der Waals surface area contributed by atoms with Crippen LogP contribution in [0.3, 0.4) is 0 Å². The van der Waals surface area contributed by atoms with Crippen LogP contribution < -0.4 is 25.5 Å². The van der Waals surface area contributed by atoms with Crippen LogP contribution >= 0.6 is 0 Å². The van der Waals surface area contributed by atoms with Crippen molar-refractivity contribution >= 4 is 33.3 Å². The highest BCUT2D eigenvalue weighted by Gasteiger charge is 2.34. The van der Waals surface area contributed by atoms with Crippen molar-refractivity contribution in [2.24, 2.45) is 7.05 Å². The third kappa shape index (κ3) is 5.70. The van der Waals surface area contributed by atoms with E-state index in [2.05, 4.69) is 4.98 Å². The minimum atomic E-state index is -4.14. The molecule has 0 fully saturated rings. The molecule has 3 rings (SSSR count). The van der Waals surface area contributed by atoms with E-state index in [9.17, 15) is 18.0 Å². The number of rotatable bonds is 13. The number of methoxy groups -OCH3 is 3. The maximum atomic E-state index is 14.0. The zero-order valence-corrected chi connectivity index (χ0v) is 26.9. The molecule has 0 saturated heterocycles. The molecular formula is C28H42N6O7S. The summed E-state index contributed by atoms with van der Waals surface area (Å²) in [5, 5.41) is 0. The van der Waals surface area contributed by atoms with E-state index in [1.807, 2.05) is 13.8 Å². The number of imidazole rings is 1. The highest BCUT2D eigenvalue weighted by Crippen LogP contribution is 2.45. The van der Waals surface area contributed by atoms with Crippen LogP contribution in [-0.4, -0.2) is 84.9 Å². The molecule has 0 aliphatic carbocycles. The van der Waals surface area contributed by atoms with Gasteiger partial charge in [0.2, 0.25) is 15.8 Å².